The lowest BCUT2D eigenvalue weighted by atomic mass is 9.86. The average Bonchev–Trinajstić information content (AvgIpc) is 2.91. The van der Waals surface area contributed by atoms with Crippen LogP contribution in [0.5, 0.6) is 0 Å². The van der Waals surface area contributed by atoms with Gasteiger partial charge in [-0.2, -0.15) is 0 Å². The monoisotopic (exact) mass is 226 g/mol. The summed E-state index contributed by atoms with van der Waals surface area (Å²) in [6.45, 7) is 5.25. The van der Waals surface area contributed by atoms with Crippen LogP contribution in [0.2, 0.25) is 0 Å². The quantitative estimate of drug-likeness (QED) is 0.698. The zero-order chi connectivity index (χ0) is 11.6. The summed E-state index contributed by atoms with van der Waals surface area (Å²) >= 11 is 0. The van der Waals surface area contributed by atoms with Gasteiger partial charge in [-0.3, -0.25) is 0 Å². The van der Waals surface area contributed by atoms with Crippen molar-refractivity contribution in [3.05, 3.63) is 0 Å². The van der Waals surface area contributed by atoms with E-state index in [1.54, 1.807) is 6.92 Å². The molecule has 0 atom stereocenters. The number of hydrogen-bond acceptors (Lipinski definition) is 3. The Morgan fingerprint density at radius 2 is 1.81 bits per heavy atom. The fourth-order valence-corrected chi connectivity index (χ4v) is 2.89. The molecule has 0 radical (unpaired) electrons. The van der Waals surface area contributed by atoms with Crippen molar-refractivity contribution in [3.63, 3.8) is 0 Å². The summed E-state index contributed by atoms with van der Waals surface area (Å²) in [7, 11) is 0. The second-order valence-electron chi connectivity index (χ2n) is 5.18. The minimum Gasteiger partial charge on any atom is -0.347 e. The first-order valence-corrected chi connectivity index (χ1v) is 6.41. The summed E-state index contributed by atoms with van der Waals surface area (Å²) in [5.74, 6) is -0.0899. The third kappa shape index (κ3) is 2.03. The van der Waals surface area contributed by atoms with Crippen molar-refractivity contribution in [2.75, 3.05) is 13.2 Å². The molecule has 1 saturated heterocycles. The number of Topliss-reactive ketones (excluding diaryl/α,β-unsaturated/α-hetero) is 1. The Kier molecular flexibility index (Phi) is 3.36. The van der Waals surface area contributed by atoms with Crippen LogP contribution in [-0.4, -0.2) is 24.8 Å². The fourth-order valence-electron chi connectivity index (χ4n) is 2.89. The lowest BCUT2D eigenvalue weighted by molar-refractivity contribution is -0.213. The molecule has 0 aromatic rings. The van der Waals surface area contributed by atoms with Gasteiger partial charge in [-0.15, -0.1) is 0 Å². The molecule has 0 bridgehead atoms. The fraction of sp³-hybridized carbons (Fsp3) is 0.923. The van der Waals surface area contributed by atoms with Crippen LogP contribution < -0.4 is 0 Å². The molecule has 1 heterocycles. The van der Waals surface area contributed by atoms with Crippen LogP contribution in [-0.2, 0) is 14.3 Å². The number of ether oxygens (including phenoxy) is 2. The highest BCUT2D eigenvalue weighted by atomic mass is 16.7. The van der Waals surface area contributed by atoms with E-state index in [4.69, 9.17) is 9.47 Å². The average molecular weight is 226 g/mol. The maximum Gasteiger partial charge on any atom is 0.174 e. The molecule has 0 unspecified atom stereocenters. The maximum atomic E-state index is 11.1. The highest BCUT2D eigenvalue weighted by Crippen LogP contribution is 2.61. The summed E-state index contributed by atoms with van der Waals surface area (Å²) in [5, 5.41) is 0. The van der Waals surface area contributed by atoms with E-state index in [9.17, 15) is 4.79 Å². The molecular formula is C13H22O3. The molecule has 0 N–H and O–H groups in total. The van der Waals surface area contributed by atoms with E-state index in [-0.39, 0.29) is 17.0 Å². The second kappa shape index (κ2) is 4.46. The van der Waals surface area contributed by atoms with Crippen LogP contribution in [0, 0.1) is 5.41 Å². The molecule has 2 fully saturated rings. The van der Waals surface area contributed by atoms with E-state index in [1.165, 1.54) is 0 Å². The predicted molar refractivity (Wildman–Crippen MR) is 61.1 cm³/mol. The molecule has 1 aliphatic carbocycles. The van der Waals surface area contributed by atoms with Crippen molar-refractivity contribution in [3.8, 4) is 0 Å². The van der Waals surface area contributed by atoms with Crippen molar-refractivity contribution >= 4 is 5.78 Å². The van der Waals surface area contributed by atoms with Gasteiger partial charge in [0.25, 0.3) is 0 Å². The number of ketones is 1. The van der Waals surface area contributed by atoms with Gasteiger partial charge in [0.15, 0.2) is 5.79 Å². The summed E-state index contributed by atoms with van der Waals surface area (Å²) in [6.07, 6.45) is 5.94. The molecule has 16 heavy (non-hydrogen) atoms. The van der Waals surface area contributed by atoms with Gasteiger partial charge < -0.3 is 14.3 Å². The Bertz CT molecular complexity index is 262. The van der Waals surface area contributed by atoms with Crippen LogP contribution in [0.3, 0.4) is 0 Å². The molecular weight excluding hydrogens is 204 g/mol. The molecule has 2 rings (SSSR count). The summed E-state index contributed by atoms with van der Waals surface area (Å²) in [4.78, 5) is 11.1. The third-order valence-corrected chi connectivity index (χ3v) is 3.95. The number of hydrogen-bond donors (Lipinski definition) is 0. The minimum absolute atomic E-state index is 0.144. The topological polar surface area (TPSA) is 35.5 Å². The lowest BCUT2D eigenvalue weighted by Crippen LogP contribution is -2.41. The van der Waals surface area contributed by atoms with E-state index < -0.39 is 0 Å². The maximum absolute atomic E-state index is 11.1. The van der Waals surface area contributed by atoms with Gasteiger partial charge in [0.1, 0.15) is 5.78 Å². The van der Waals surface area contributed by atoms with Crippen LogP contribution >= 0.6 is 0 Å². The highest BCUT2D eigenvalue weighted by Gasteiger charge is 2.61. The smallest absolute Gasteiger partial charge is 0.174 e. The highest BCUT2D eigenvalue weighted by molar-refractivity contribution is 5.75. The minimum atomic E-state index is -0.364. The summed E-state index contributed by atoms with van der Waals surface area (Å²) in [6, 6.07) is 0. The van der Waals surface area contributed by atoms with Crippen molar-refractivity contribution in [1.29, 1.82) is 0 Å². The Hall–Kier alpha value is -0.410. The molecule has 0 aromatic carbocycles. The first-order chi connectivity index (χ1) is 7.64. The van der Waals surface area contributed by atoms with Crippen LogP contribution in [0.4, 0.5) is 0 Å². The Labute approximate surface area is 97.5 Å². The molecule has 0 amide bonds. The summed E-state index contributed by atoms with van der Waals surface area (Å²) in [5.41, 5.74) is 0.144. The Balaban J connectivity index is 2.04. The predicted octanol–water partition coefficient (Wildman–Crippen LogP) is 2.68. The van der Waals surface area contributed by atoms with Gasteiger partial charge in [-0.1, -0.05) is 13.3 Å². The van der Waals surface area contributed by atoms with Crippen molar-refractivity contribution < 1.29 is 14.3 Å². The van der Waals surface area contributed by atoms with Crippen LogP contribution in [0.15, 0.2) is 0 Å². The van der Waals surface area contributed by atoms with Crippen molar-refractivity contribution in [2.24, 2.45) is 5.41 Å². The van der Waals surface area contributed by atoms with E-state index in [1.807, 2.05) is 0 Å². The lowest BCUT2D eigenvalue weighted by Gasteiger charge is -2.36. The van der Waals surface area contributed by atoms with Crippen molar-refractivity contribution in [1.82, 2.24) is 0 Å². The van der Waals surface area contributed by atoms with Gasteiger partial charge >= 0.3 is 0 Å². The Morgan fingerprint density at radius 3 is 2.25 bits per heavy atom. The molecule has 3 nitrogen and oxygen atoms in total. The molecule has 3 heteroatoms. The largest absolute Gasteiger partial charge is 0.347 e. The normalized spacial score (nSPS) is 25.6. The van der Waals surface area contributed by atoms with E-state index >= 15 is 0 Å². The molecule has 0 aromatic heterocycles. The van der Waals surface area contributed by atoms with Gasteiger partial charge in [0.05, 0.1) is 13.2 Å². The Morgan fingerprint density at radius 1 is 1.19 bits per heavy atom. The molecule has 2 aliphatic rings. The molecule has 92 valence electrons. The first-order valence-electron chi connectivity index (χ1n) is 6.41. The van der Waals surface area contributed by atoms with Gasteiger partial charge in [0, 0.05) is 18.3 Å². The van der Waals surface area contributed by atoms with E-state index in [0.29, 0.717) is 19.6 Å². The second-order valence-corrected chi connectivity index (χ2v) is 5.18. The van der Waals surface area contributed by atoms with Crippen molar-refractivity contribution in [2.45, 2.75) is 58.2 Å². The number of carbonyl (C=O) groups is 1. The summed E-state index contributed by atoms with van der Waals surface area (Å²) < 4.78 is 11.8. The van der Waals surface area contributed by atoms with Crippen LogP contribution in [0.1, 0.15) is 52.4 Å². The number of rotatable bonds is 6. The molecule has 0 spiro atoms. The molecule has 1 aliphatic heterocycles. The van der Waals surface area contributed by atoms with Crippen LogP contribution in [0.25, 0.3) is 0 Å². The van der Waals surface area contributed by atoms with Gasteiger partial charge in [0.2, 0.25) is 0 Å². The van der Waals surface area contributed by atoms with Gasteiger partial charge in [-0.05, 0) is 26.2 Å². The molecule has 1 saturated carbocycles. The third-order valence-electron chi connectivity index (χ3n) is 3.95. The number of carbonyl (C=O) groups excluding carboxylic acids is 1. The van der Waals surface area contributed by atoms with Gasteiger partial charge in [-0.25, -0.2) is 0 Å². The van der Waals surface area contributed by atoms with E-state index in [0.717, 1.165) is 32.1 Å². The van der Waals surface area contributed by atoms with E-state index in [2.05, 4.69) is 6.92 Å². The zero-order valence-electron chi connectivity index (χ0n) is 10.4. The zero-order valence-corrected chi connectivity index (χ0v) is 10.4. The SMILES string of the molecule is CCCC1(C2(CCC(C)=O)CC2)OCCO1. The standard InChI is InChI=1S/C13H22O3/c1-3-5-13(15-9-10-16-13)12(7-8-12)6-4-11(2)14/h3-10H2,1-2H3. The first kappa shape index (κ1) is 12.1.